The molecule has 134 valence electrons. The van der Waals surface area contributed by atoms with E-state index in [2.05, 4.69) is 61.6 Å². The van der Waals surface area contributed by atoms with Crippen LogP contribution >= 0.6 is 18.6 Å². The first-order chi connectivity index (χ1) is 9.45. The van der Waals surface area contributed by atoms with Crippen molar-refractivity contribution < 1.29 is 17.0 Å². The third-order valence-electron chi connectivity index (χ3n) is 5.89. The Kier molecular flexibility index (Phi) is 12.2. The second-order valence-electron chi connectivity index (χ2n) is 7.97. The SMILES string of the molecule is CCC(C)(C)[N-][Si](C)(C)C1C(C)C(C)C(C)C1C.[CH3-].[Cl][Ti][Cl]. The average Bonchev–Trinajstić information content (AvgIpc) is 2.54. The van der Waals surface area contributed by atoms with E-state index in [-0.39, 0.29) is 13.0 Å². The van der Waals surface area contributed by atoms with Crippen molar-refractivity contribution in [3.8, 4) is 0 Å². The normalized spacial score (nSPS) is 31.9. The minimum atomic E-state index is -1.51. The molecule has 0 amide bonds. The zero-order valence-electron chi connectivity index (χ0n) is 16.3. The second kappa shape index (κ2) is 10.5. The predicted octanol–water partition coefficient (Wildman–Crippen LogP) is 7.51. The van der Waals surface area contributed by atoms with E-state index in [0.717, 1.165) is 35.6 Å². The zero-order chi connectivity index (χ0) is 17.0. The fourth-order valence-corrected chi connectivity index (χ4v) is 9.36. The molecule has 0 radical (unpaired) electrons. The number of halogens is 2. The van der Waals surface area contributed by atoms with E-state index in [1.54, 1.807) is 0 Å². The van der Waals surface area contributed by atoms with Gasteiger partial charge in [-0.2, -0.15) is 0 Å². The zero-order valence-corrected chi connectivity index (χ0v) is 20.4. The van der Waals surface area contributed by atoms with Crippen LogP contribution in [0.3, 0.4) is 0 Å². The van der Waals surface area contributed by atoms with E-state index in [9.17, 15) is 0 Å². The molecule has 0 spiro atoms. The van der Waals surface area contributed by atoms with Gasteiger partial charge in [0.05, 0.1) is 0 Å². The first kappa shape index (κ1) is 25.7. The van der Waals surface area contributed by atoms with Crippen LogP contribution in [0.1, 0.15) is 54.9 Å². The van der Waals surface area contributed by atoms with Crippen molar-refractivity contribution >= 4 is 26.8 Å². The van der Waals surface area contributed by atoms with Gasteiger partial charge in [0.15, 0.2) is 0 Å². The van der Waals surface area contributed by atoms with Crippen molar-refractivity contribution in [1.29, 1.82) is 0 Å². The molecule has 1 aliphatic rings. The van der Waals surface area contributed by atoms with Gasteiger partial charge < -0.3 is 12.4 Å². The van der Waals surface area contributed by atoms with E-state index < -0.39 is 25.3 Å². The first-order valence-corrected chi connectivity index (χ1v) is 15.5. The molecule has 1 saturated carbocycles. The Bertz CT molecular complexity index is 299. The van der Waals surface area contributed by atoms with Crippen LogP contribution in [0.2, 0.25) is 18.6 Å². The third-order valence-corrected chi connectivity index (χ3v) is 9.76. The summed E-state index contributed by atoms with van der Waals surface area (Å²) in [5.41, 5.74) is 1.03. The molecule has 0 aromatic rings. The standard InChI is InChI=1S/C16H34NSi.CH3.2ClH.Ti/c1-10-16(6,7)17-18(8,9)15-13(4)11(2)12(3)14(15)5;;;;/h11-15H,10H2,1-9H3;1H3;2*1H;/q2*-1;;;+2/p-2. The van der Waals surface area contributed by atoms with Crippen molar-refractivity contribution in [2.75, 3.05) is 0 Å². The summed E-state index contributed by atoms with van der Waals surface area (Å²) < 4.78 is 0. The molecule has 4 unspecified atom stereocenters. The molecule has 4 atom stereocenters. The molecule has 1 rings (SSSR count). The van der Waals surface area contributed by atoms with E-state index in [1.807, 2.05) is 0 Å². The van der Waals surface area contributed by atoms with Crippen molar-refractivity contribution in [3.63, 3.8) is 0 Å². The molecule has 0 bridgehead atoms. The number of nitrogens with zero attached hydrogens (tertiary/aromatic N) is 1. The Balaban J connectivity index is 0. The van der Waals surface area contributed by atoms with Crippen molar-refractivity contribution in [1.82, 2.24) is 0 Å². The Morgan fingerprint density at radius 2 is 1.27 bits per heavy atom. The topological polar surface area (TPSA) is 14.1 Å². The van der Waals surface area contributed by atoms with Crippen LogP contribution in [0, 0.1) is 31.1 Å². The van der Waals surface area contributed by atoms with Crippen molar-refractivity contribution in [3.05, 3.63) is 12.4 Å². The Labute approximate surface area is 158 Å². The summed E-state index contributed by atoms with van der Waals surface area (Å²) in [5, 5.41) is 0. The fourth-order valence-electron chi connectivity index (χ4n) is 4.31. The summed E-state index contributed by atoms with van der Waals surface area (Å²) in [6, 6.07) is 0. The summed E-state index contributed by atoms with van der Waals surface area (Å²) in [4.78, 5) is 5.35. The van der Waals surface area contributed by atoms with Gasteiger partial charge in [0.1, 0.15) is 0 Å². The van der Waals surface area contributed by atoms with E-state index in [1.165, 1.54) is 0 Å². The monoisotopic (exact) mass is 401 g/mol. The van der Waals surface area contributed by atoms with Gasteiger partial charge in [0, 0.05) is 0 Å². The molecule has 0 saturated heterocycles. The minimum absolute atomic E-state index is 0. The molecule has 0 aromatic heterocycles. The molecule has 22 heavy (non-hydrogen) atoms. The first-order valence-electron chi connectivity index (χ1n) is 8.15. The molecule has 5 heteroatoms. The molecule has 1 aliphatic carbocycles. The van der Waals surface area contributed by atoms with Gasteiger partial charge in [-0.1, -0.05) is 81.8 Å². The van der Waals surface area contributed by atoms with Crippen LogP contribution in [0.5, 0.6) is 0 Å². The van der Waals surface area contributed by atoms with E-state index in [0.29, 0.717) is 0 Å². The van der Waals surface area contributed by atoms with Crippen molar-refractivity contribution in [2.24, 2.45) is 23.7 Å². The molecule has 0 aliphatic heterocycles. The van der Waals surface area contributed by atoms with Gasteiger partial charge in [0.25, 0.3) is 0 Å². The summed E-state index contributed by atoms with van der Waals surface area (Å²) in [6.45, 7) is 21.7. The van der Waals surface area contributed by atoms with Crippen LogP contribution in [0.25, 0.3) is 4.98 Å². The van der Waals surface area contributed by atoms with E-state index in [4.69, 9.17) is 23.6 Å². The van der Waals surface area contributed by atoms with E-state index >= 15 is 0 Å². The summed E-state index contributed by atoms with van der Waals surface area (Å²) in [5.74, 6) is 3.40. The Hall–Kier alpha value is 1.47. The van der Waals surface area contributed by atoms with Gasteiger partial charge in [-0.15, -0.1) is 5.54 Å². The molecule has 0 heterocycles. The quantitative estimate of drug-likeness (QED) is 0.341. The van der Waals surface area contributed by atoms with Gasteiger partial charge in [-0.25, -0.2) is 0 Å². The summed E-state index contributed by atoms with van der Waals surface area (Å²) >= 11 is -0.556. The molecule has 1 fully saturated rings. The van der Waals surface area contributed by atoms with Crippen LogP contribution < -0.4 is 0 Å². The van der Waals surface area contributed by atoms with Crippen molar-refractivity contribution in [2.45, 2.75) is 79.1 Å². The molecule has 0 N–H and O–H groups in total. The number of rotatable bonds is 4. The molecular weight excluding hydrogens is 365 g/mol. The number of hydrogen-bond donors (Lipinski definition) is 0. The maximum atomic E-state index is 5.35. The fraction of sp³-hybridized carbons (Fsp3) is 0.941. The van der Waals surface area contributed by atoms with Crippen LogP contribution in [0.15, 0.2) is 0 Å². The van der Waals surface area contributed by atoms with Gasteiger partial charge in [-0.05, 0) is 23.7 Å². The molecular formula is C17H37Cl2NSiTi-2. The summed E-state index contributed by atoms with van der Waals surface area (Å²) in [6.07, 6.45) is 1.16. The van der Waals surface area contributed by atoms with Gasteiger partial charge in [-0.3, -0.25) is 0 Å². The van der Waals surface area contributed by atoms with Gasteiger partial charge >= 0.3 is 35.6 Å². The average molecular weight is 402 g/mol. The molecule has 0 aromatic carbocycles. The van der Waals surface area contributed by atoms with Crippen LogP contribution in [-0.2, 0) is 17.0 Å². The Morgan fingerprint density at radius 1 is 0.955 bits per heavy atom. The predicted molar refractivity (Wildman–Crippen MR) is 104 cm³/mol. The van der Waals surface area contributed by atoms with Gasteiger partial charge in [0.2, 0.25) is 0 Å². The second-order valence-corrected chi connectivity index (χ2v) is 14.7. The van der Waals surface area contributed by atoms with Crippen LogP contribution in [0.4, 0.5) is 0 Å². The Morgan fingerprint density at radius 3 is 1.55 bits per heavy atom. The maximum absolute atomic E-state index is 5.35. The van der Waals surface area contributed by atoms with Crippen LogP contribution in [-0.4, -0.2) is 13.8 Å². The molecule has 1 nitrogen and oxygen atoms in total. The summed E-state index contributed by atoms with van der Waals surface area (Å²) in [7, 11) is 8.27. The number of hydrogen-bond acceptors (Lipinski definition) is 0. The third kappa shape index (κ3) is 6.76.